The summed E-state index contributed by atoms with van der Waals surface area (Å²) in [6.45, 7) is 6.77. The van der Waals surface area contributed by atoms with Crippen molar-refractivity contribution in [2.75, 3.05) is 0 Å². The summed E-state index contributed by atoms with van der Waals surface area (Å²) in [5, 5.41) is 0.471. The zero-order chi connectivity index (χ0) is 10.8. The van der Waals surface area contributed by atoms with Crippen LogP contribution in [-0.2, 0) is 0 Å². The van der Waals surface area contributed by atoms with Crippen LogP contribution in [0.15, 0.2) is 33.8 Å². The maximum absolute atomic E-state index is 6.77. The van der Waals surface area contributed by atoms with Gasteiger partial charge in [-0.3, -0.25) is 0 Å². The molecule has 0 spiro atoms. The van der Waals surface area contributed by atoms with E-state index in [1.807, 2.05) is 0 Å². The molecule has 0 aliphatic carbocycles. The minimum atomic E-state index is 0.214. The fourth-order valence-corrected chi connectivity index (χ4v) is 1.54. The molecule has 0 amide bonds. The van der Waals surface area contributed by atoms with Crippen molar-refractivity contribution < 1.29 is 4.42 Å². The lowest BCUT2D eigenvalue weighted by atomic mass is 10.2. The molecule has 1 heterocycles. The summed E-state index contributed by atoms with van der Waals surface area (Å²) < 4.78 is 5.13. The van der Waals surface area contributed by atoms with E-state index in [0.717, 1.165) is 0 Å². The molecule has 0 bridgehead atoms. The second kappa shape index (κ2) is 3.97. The Morgan fingerprint density at radius 2 is 2.27 bits per heavy atom. The first-order valence-corrected chi connectivity index (χ1v) is 4.85. The molecule has 3 nitrogen and oxygen atoms in total. The molecule has 0 aliphatic heterocycles. The van der Waals surface area contributed by atoms with E-state index in [0.29, 0.717) is 21.4 Å². The number of halogens is 1. The van der Waals surface area contributed by atoms with Crippen molar-refractivity contribution in [3.63, 3.8) is 0 Å². The highest BCUT2D eigenvalue weighted by molar-refractivity contribution is 7.80. The molecule has 15 heavy (non-hydrogen) atoms. The molecular weight excluding hydrogens is 232 g/mol. The molecule has 2 aromatic rings. The fraction of sp³-hybridized carbons (Fsp3) is 0. The standard InChI is InChI=1S/C10H5ClN2OS/c1-12-8-5-14-10(13-8)6-3-2-4-7(15)9(6)11/h2-5,15H. The summed E-state index contributed by atoms with van der Waals surface area (Å²) in [6.07, 6.45) is 1.30. The lowest BCUT2D eigenvalue weighted by molar-refractivity contribution is 0.575. The van der Waals surface area contributed by atoms with Crippen LogP contribution in [0, 0.1) is 6.57 Å². The van der Waals surface area contributed by atoms with Gasteiger partial charge in [0.05, 0.1) is 10.6 Å². The van der Waals surface area contributed by atoms with Crippen LogP contribution in [0.1, 0.15) is 0 Å². The second-order valence-corrected chi connectivity index (χ2v) is 3.62. The number of hydrogen-bond donors (Lipinski definition) is 1. The molecular formula is C10H5ClN2OS. The average Bonchev–Trinajstić information content (AvgIpc) is 2.70. The minimum Gasteiger partial charge on any atom is -0.439 e. The maximum Gasteiger partial charge on any atom is 0.322 e. The Hall–Kier alpha value is -1.44. The van der Waals surface area contributed by atoms with E-state index in [-0.39, 0.29) is 5.82 Å². The number of oxazole rings is 1. The molecule has 1 aromatic heterocycles. The zero-order valence-corrected chi connectivity index (χ0v) is 9.09. The fourth-order valence-electron chi connectivity index (χ4n) is 1.13. The first-order valence-electron chi connectivity index (χ1n) is 4.03. The molecule has 1 aromatic carbocycles. The van der Waals surface area contributed by atoms with Gasteiger partial charge in [-0.05, 0) is 12.1 Å². The lowest BCUT2D eigenvalue weighted by Crippen LogP contribution is -1.80. The summed E-state index contributed by atoms with van der Waals surface area (Å²) in [6, 6.07) is 5.33. The SMILES string of the molecule is [C-]#[N+]c1coc(-c2cccc(S)c2Cl)n1. The van der Waals surface area contributed by atoms with Gasteiger partial charge in [-0.2, -0.15) is 0 Å². The van der Waals surface area contributed by atoms with E-state index in [1.54, 1.807) is 18.2 Å². The highest BCUT2D eigenvalue weighted by atomic mass is 35.5. The van der Waals surface area contributed by atoms with Gasteiger partial charge in [-0.25, -0.2) is 0 Å². The van der Waals surface area contributed by atoms with Crippen molar-refractivity contribution in [1.82, 2.24) is 4.98 Å². The van der Waals surface area contributed by atoms with Gasteiger partial charge in [-0.1, -0.05) is 29.2 Å². The third-order valence-corrected chi connectivity index (χ3v) is 2.73. The van der Waals surface area contributed by atoms with Crippen molar-refractivity contribution in [3.05, 3.63) is 40.9 Å². The van der Waals surface area contributed by atoms with Gasteiger partial charge >= 0.3 is 11.7 Å². The van der Waals surface area contributed by atoms with Crippen molar-refractivity contribution in [2.24, 2.45) is 0 Å². The Morgan fingerprint density at radius 1 is 1.47 bits per heavy atom. The quantitative estimate of drug-likeness (QED) is 0.603. The Morgan fingerprint density at radius 3 is 2.93 bits per heavy atom. The minimum absolute atomic E-state index is 0.214. The molecule has 0 saturated heterocycles. The second-order valence-electron chi connectivity index (χ2n) is 2.76. The third kappa shape index (κ3) is 1.84. The number of hydrogen-bond acceptors (Lipinski definition) is 3. The predicted molar refractivity (Wildman–Crippen MR) is 60.5 cm³/mol. The normalized spacial score (nSPS) is 9.93. The number of rotatable bonds is 1. The molecule has 0 saturated carbocycles. The van der Waals surface area contributed by atoms with Gasteiger partial charge in [0.25, 0.3) is 0 Å². The van der Waals surface area contributed by atoms with Crippen LogP contribution in [0.3, 0.4) is 0 Å². The van der Waals surface area contributed by atoms with Crippen molar-refractivity contribution in [1.29, 1.82) is 0 Å². The summed E-state index contributed by atoms with van der Waals surface area (Å²) in [7, 11) is 0. The molecule has 0 N–H and O–H groups in total. The molecule has 74 valence electrons. The summed E-state index contributed by atoms with van der Waals surface area (Å²) in [5.41, 5.74) is 0.638. The van der Waals surface area contributed by atoms with Crippen LogP contribution >= 0.6 is 24.2 Å². The predicted octanol–water partition coefficient (Wildman–Crippen LogP) is 3.83. The Labute approximate surface area is 96.9 Å². The van der Waals surface area contributed by atoms with Crippen LogP contribution in [0.5, 0.6) is 0 Å². The monoisotopic (exact) mass is 236 g/mol. The molecule has 2 rings (SSSR count). The third-order valence-electron chi connectivity index (χ3n) is 1.82. The molecule has 0 unspecified atom stereocenters. The average molecular weight is 237 g/mol. The van der Waals surface area contributed by atoms with Crippen LogP contribution in [-0.4, -0.2) is 4.98 Å². The van der Waals surface area contributed by atoms with Gasteiger partial charge < -0.3 is 9.26 Å². The van der Waals surface area contributed by atoms with Crippen LogP contribution in [0.25, 0.3) is 16.3 Å². The summed E-state index contributed by atoms with van der Waals surface area (Å²) in [4.78, 5) is 7.76. The molecule has 0 atom stereocenters. The largest absolute Gasteiger partial charge is 0.439 e. The molecule has 0 radical (unpaired) electrons. The first kappa shape index (κ1) is 10.1. The first-order chi connectivity index (χ1) is 7.22. The van der Waals surface area contributed by atoms with Gasteiger partial charge in [0.2, 0.25) is 0 Å². The Balaban J connectivity index is 2.55. The van der Waals surface area contributed by atoms with E-state index in [2.05, 4.69) is 22.5 Å². The highest BCUT2D eigenvalue weighted by Gasteiger charge is 2.14. The highest BCUT2D eigenvalue weighted by Crippen LogP contribution is 2.32. The van der Waals surface area contributed by atoms with Crippen molar-refractivity contribution >= 4 is 30.0 Å². The van der Waals surface area contributed by atoms with E-state index in [1.165, 1.54) is 6.26 Å². The van der Waals surface area contributed by atoms with E-state index in [9.17, 15) is 0 Å². The smallest absolute Gasteiger partial charge is 0.322 e. The van der Waals surface area contributed by atoms with Crippen LogP contribution in [0.4, 0.5) is 5.82 Å². The van der Waals surface area contributed by atoms with E-state index >= 15 is 0 Å². The van der Waals surface area contributed by atoms with E-state index < -0.39 is 0 Å². The summed E-state index contributed by atoms with van der Waals surface area (Å²) >= 11 is 10.2. The Kier molecular flexibility index (Phi) is 2.67. The number of nitrogens with zero attached hydrogens (tertiary/aromatic N) is 2. The Bertz CT molecular complexity index is 545. The zero-order valence-electron chi connectivity index (χ0n) is 7.44. The molecule has 5 heteroatoms. The van der Waals surface area contributed by atoms with Crippen LogP contribution in [0.2, 0.25) is 5.02 Å². The van der Waals surface area contributed by atoms with Crippen molar-refractivity contribution in [3.8, 4) is 11.5 Å². The lowest BCUT2D eigenvalue weighted by Gasteiger charge is -1.98. The number of benzene rings is 1. The molecule has 0 fully saturated rings. The van der Waals surface area contributed by atoms with Gasteiger partial charge in [0.15, 0.2) is 0 Å². The maximum atomic E-state index is 6.77. The van der Waals surface area contributed by atoms with Gasteiger partial charge in [-0.15, -0.1) is 12.6 Å². The molecule has 0 aliphatic rings. The number of thiol groups is 1. The summed E-state index contributed by atoms with van der Waals surface area (Å²) in [5.74, 6) is 0.549. The van der Waals surface area contributed by atoms with Crippen LogP contribution < -0.4 is 0 Å². The van der Waals surface area contributed by atoms with Gasteiger partial charge in [0.1, 0.15) is 6.26 Å². The van der Waals surface area contributed by atoms with Gasteiger partial charge in [0, 0.05) is 4.90 Å². The topological polar surface area (TPSA) is 30.4 Å². The van der Waals surface area contributed by atoms with E-state index in [4.69, 9.17) is 22.6 Å². The van der Waals surface area contributed by atoms with Crippen molar-refractivity contribution in [2.45, 2.75) is 4.90 Å². The number of aromatic nitrogens is 1.